The number of carboxylic acids is 1. The van der Waals surface area contributed by atoms with Crippen molar-refractivity contribution in [3.8, 4) is 5.75 Å². The average molecular weight is 434 g/mol. The smallest absolute Gasteiger partial charge is 0.335 e. The fourth-order valence-corrected chi connectivity index (χ4v) is 2.95. The van der Waals surface area contributed by atoms with Gasteiger partial charge in [0.05, 0.1) is 28.8 Å². The van der Waals surface area contributed by atoms with Gasteiger partial charge in [-0.1, -0.05) is 29.3 Å². The molecule has 0 spiro atoms. The number of urea groups is 1. The molecule has 1 fully saturated rings. The molecule has 1 saturated heterocycles. The predicted molar refractivity (Wildman–Crippen MR) is 103 cm³/mol. The zero-order valence-electron chi connectivity index (χ0n) is 14.7. The molecule has 0 radical (unpaired) electrons. The Morgan fingerprint density at radius 2 is 1.83 bits per heavy atom. The first-order valence-corrected chi connectivity index (χ1v) is 8.74. The van der Waals surface area contributed by atoms with Gasteiger partial charge in [-0.15, -0.1) is 0 Å². The van der Waals surface area contributed by atoms with Gasteiger partial charge in [-0.3, -0.25) is 14.9 Å². The van der Waals surface area contributed by atoms with Crippen LogP contribution in [0, 0.1) is 0 Å². The van der Waals surface area contributed by atoms with Crippen molar-refractivity contribution in [1.82, 2.24) is 5.32 Å². The largest absolute Gasteiger partial charge is 0.545 e. The third-order valence-corrected chi connectivity index (χ3v) is 4.76. The standard InChI is InChI=1S/C19H12Cl2N2O6/c1-29-15-5-2-9(6-11(15)18(26)27)7-12-16(24)22-19(28)23(17(12)25)10-3-4-13(20)14(21)8-10/h2-8H,1H3,(H,26,27)(H,22,24,28)/p-1/b12-7-. The molecule has 1 heterocycles. The van der Waals surface area contributed by atoms with Crippen LogP contribution in [-0.2, 0) is 9.59 Å². The van der Waals surface area contributed by atoms with E-state index in [4.69, 9.17) is 27.9 Å². The minimum absolute atomic E-state index is 0.0548. The Hall–Kier alpha value is -3.36. The van der Waals surface area contributed by atoms with E-state index < -0.39 is 23.8 Å². The van der Waals surface area contributed by atoms with E-state index >= 15 is 0 Å². The number of nitrogens with zero attached hydrogens (tertiary/aromatic N) is 1. The SMILES string of the molecule is COc1ccc(/C=C2/C(=O)NC(=O)N(c3ccc(Cl)c(Cl)c3)C2=O)cc1C(=O)[O-]. The first-order chi connectivity index (χ1) is 13.7. The van der Waals surface area contributed by atoms with E-state index in [2.05, 4.69) is 5.32 Å². The van der Waals surface area contributed by atoms with E-state index in [1.165, 1.54) is 43.5 Å². The Kier molecular flexibility index (Phi) is 5.58. The van der Waals surface area contributed by atoms with Crippen LogP contribution < -0.4 is 20.1 Å². The Bertz CT molecular complexity index is 1100. The van der Waals surface area contributed by atoms with E-state index in [0.717, 1.165) is 11.0 Å². The van der Waals surface area contributed by atoms with Crippen molar-refractivity contribution in [1.29, 1.82) is 0 Å². The molecule has 0 atom stereocenters. The second-order valence-electron chi connectivity index (χ2n) is 5.80. The summed E-state index contributed by atoms with van der Waals surface area (Å²) in [6, 6.07) is 7.11. The lowest BCUT2D eigenvalue weighted by atomic mass is 10.0. The number of hydrogen-bond acceptors (Lipinski definition) is 6. The number of benzene rings is 2. The topological polar surface area (TPSA) is 116 Å². The fraction of sp³-hybridized carbons (Fsp3) is 0.0526. The van der Waals surface area contributed by atoms with Gasteiger partial charge in [-0.2, -0.15) is 0 Å². The van der Waals surface area contributed by atoms with Gasteiger partial charge in [-0.05, 0) is 42.0 Å². The summed E-state index contributed by atoms with van der Waals surface area (Å²) >= 11 is 11.8. The number of methoxy groups -OCH3 is 1. The van der Waals surface area contributed by atoms with Crippen LogP contribution in [0.2, 0.25) is 10.0 Å². The van der Waals surface area contributed by atoms with Crippen molar-refractivity contribution >= 4 is 58.8 Å². The van der Waals surface area contributed by atoms with Gasteiger partial charge in [0.25, 0.3) is 11.8 Å². The summed E-state index contributed by atoms with van der Waals surface area (Å²) in [6.45, 7) is 0. The lowest BCUT2D eigenvalue weighted by Gasteiger charge is -2.26. The maximum Gasteiger partial charge on any atom is 0.335 e. The van der Waals surface area contributed by atoms with Gasteiger partial charge < -0.3 is 14.6 Å². The Labute approximate surface area is 174 Å². The van der Waals surface area contributed by atoms with Crippen LogP contribution in [0.4, 0.5) is 10.5 Å². The molecule has 3 rings (SSSR count). The molecule has 2 aromatic carbocycles. The first-order valence-electron chi connectivity index (χ1n) is 7.99. The fourth-order valence-electron chi connectivity index (χ4n) is 2.66. The molecule has 0 saturated carbocycles. The van der Waals surface area contributed by atoms with Gasteiger partial charge >= 0.3 is 6.03 Å². The quantitative estimate of drug-likeness (QED) is 0.582. The minimum Gasteiger partial charge on any atom is -0.545 e. The van der Waals surface area contributed by atoms with Crippen molar-refractivity contribution < 1.29 is 29.0 Å². The van der Waals surface area contributed by atoms with Crippen molar-refractivity contribution in [3.63, 3.8) is 0 Å². The maximum absolute atomic E-state index is 12.8. The summed E-state index contributed by atoms with van der Waals surface area (Å²) in [5.41, 5.74) is -0.328. The van der Waals surface area contributed by atoms with Gasteiger partial charge in [0.1, 0.15) is 11.3 Å². The number of halogens is 2. The zero-order chi connectivity index (χ0) is 21.3. The molecule has 0 unspecified atom stereocenters. The summed E-state index contributed by atoms with van der Waals surface area (Å²) in [7, 11) is 1.29. The summed E-state index contributed by atoms with van der Waals surface area (Å²) in [4.78, 5) is 49.2. The minimum atomic E-state index is -1.49. The number of hydrogen-bond donors (Lipinski definition) is 1. The first kappa shape index (κ1) is 20.4. The Balaban J connectivity index is 2.04. The molecule has 0 bridgehead atoms. The van der Waals surface area contributed by atoms with Gasteiger partial charge in [-0.25, -0.2) is 9.69 Å². The number of amides is 4. The highest BCUT2D eigenvalue weighted by molar-refractivity contribution is 6.43. The molecule has 1 aliphatic heterocycles. The molecular formula is C19H11Cl2N2O6-. The van der Waals surface area contributed by atoms with E-state index in [0.29, 0.717) is 0 Å². The number of imide groups is 2. The molecule has 4 amide bonds. The number of ether oxygens (including phenoxy) is 1. The van der Waals surface area contributed by atoms with Crippen molar-refractivity contribution in [2.24, 2.45) is 0 Å². The molecule has 2 aromatic rings. The number of carbonyl (C=O) groups is 4. The molecule has 0 aliphatic carbocycles. The Morgan fingerprint density at radius 3 is 2.45 bits per heavy atom. The normalized spacial score (nSPS) is 15.5. The molecule has 148 valence electrons. The van der Waals surface area contributed by atoms with E-state index in [-0.39, 0.29) is 38.2 Å². The second kappa shape index (κ2) is 7.94. The van der Waals surface area contributed by atoms with Gasteiger partial charge in [0, 0.05) is 5.56 Å². The highest BCUT2D eigenvalue weighted by atomic mass is 35.5. The highest BCUT2D eigenvalue weighted by Gasteiger charge is 2.37. The number of aromatic carboxylic acids is 1. The van der Waals surface area contributed by atoms with E-state index in [1.807, 2.05) is 0 Å². The number of barbiturate groups is 1. The van der Waals surface area contributed by atoms with Crippen LogP contribution in [0.3, 0.4) is 0 Å². The van der Waals surface area contributed by atoms with Gasteiger partial charge in [0.2, 0.25) is 0 Å². The van der Waals surface area contributed by atoms with Crippen LogP contribution >= 0.6 is 23.2 Å². The number of carboxylic acid groups (broad SMARTS) is 1. The van der Waals surface area contributed by atoms with Gasteiger partial charge in [0.15, 0.2) is 0 Å². The number of carbonyl (C=O) groups excluding carboxylic acids is 4. The monoisotopic (exact) mass is 433 g/mol. The lowest BCUT2D eigenvalue weighted by Crippen LogP contribution is -2.54. The number of anilines is 1. The molecule has 0 aromatic heterocycles. The van der Waals surface area contributed by atoms with Crippen molar-refractivity contribution in [2.45, 2.75) is 0 Å². The molecule has 1 N–H and O–H groups in total. The third-order valence-electron chi connectivity index (χ3n) is 4.02. The summed E-state index contributed by atoms with van der Waals surface area (Å²) < 4.78 is 4.94. The number of nitrogens with one attached hydrogen (secondary N) is 1. The van der Waals surface area contributed by atoms with Crippen LogP contribution in [0.15, 0.2) is 42.0 Å². The lowest BCUT2D eigenvalue weighted by molar-refractivity contribution is -0.255. The van der Waals surface area contributed by atoms with Crippen molar-refractivity contribution in [3.05, 3.63) is 63.1 Å². The highest BCUT2D eigenvalue weighted by Crippen LogP contribution is 2.29. The third kappa shape index (κ3) is 3.94. The van der Waals surface area contributed by atoms with Crippen LogP contribution in [0.1, 0.15) is 15.9 Å². The Morgan fingerprint density at radius 1 is 1.10 bits per heavy atom. The summed E-state index contributed by atoms with van der Waals surface area (Å²) in [5.74, 6) is -3.28. The molecule has 1 aliphatic rings. The average Bonchev–Trinajstić information content (AvgIpc) is 2.67. The zero-order valence-corrected chi connectivity index (χ0v) is 16.2. The predicted octanol–water partition coefficient (Wildman–Crippen LogP) is 2.03. The number of rotatable bonds is 4. The molecule has 8 nitrogen and oxygen atoms in total. The van der Waals surface area contributed by atoms with E-state index in [9.17, 15) is 24.3 Å². The molecular weight excluding hydrogens is 423 g/mol. The van der Waals surface area contributed by atoms with Crippen LogP contribution in [0.5, 0.6) is 5.75 Å². The second-order valence-corrected chi connectivity index (χ2v) is 6.62. The van der Waals surface area contributed by atoms with E-state index in [1.54, 1.807) is 0 Å². The summed E-state index contributed by atoms with van der Waals surface area (Å²) in [5, 5.41) is 13.6. The molecule has 10 heteroatoms. The maximum atomic E-state index is 12.8. The van der Waals surface area contributed by atoms with Crippen LogP contribution in [-0.4, -0.2) is 30.9 Å². The van der Waals surface area contributed by atoms with Crippen molar-refractivity contribution in [2.75, 3.05) is 12.0 Å². The van der Waals surface area contributed by atoms with Crippen LogP contribution in [0.25, 0.3) is 6.08 Å². The summed E-state index contributed by atoms with van der Waals surface area (Å²) in [6.07, 6.45) is 1.15. The molecule has 29 heavy (non-hydrogen) atoms.